The van der Waals surface area contributed by atoms with Crippen LogP contribution >= 0.6 is 0 Å². The number of aromatic amines is 1. The van der Waals surface area contributed by atoms with E-state index in [1.165, 1.54) is 38.6 Å². The fraction of sp³-hybridized carbons (Fsp3) is 0.652. The van der Waals surface area contributed by atoms with Gasteiger partial charge in [0.05, 0.1) is 18.1 Å². The topological polar surface area (TPSA) is 78.4 Å². The Balaban J connectivity index is 1.46. The number of aromatic nitrogens is 2. The number of H-pyrrole nitrogens is 1. The van der Waals surface area contributed by atoms with E-state index in [9.17, 15) is 9.90 Å². The first-order valence-electron chi connectivity index (χ1n) is 11.1. The summed E-state index contributed by atoms with van der Waals surface area (Å²) < 4.78 is 5.31. The first-order valence-corrected chi connectivity index (χ1v) is 11.1. The van der Waals surface area contributed by atoms with E-state index in [0.717, 1.165) is 54.5 Å². The lowest BCUT2D eigenvalue weighted by molar-refractivity contribution is -0.139. The van der Waals surface area contributed by atoms with Crippen molar-refractivity contribution in [3.05, 3.63) is 24.0 Å². The molecule has 1 saturated carbocycles. The van der Waals surface area contributed by atoms with E-state index in [0.29, 0.717) is 5.92 Å². The van der Waals surface area contributed by atoms with E-state index >= 15 is 0 Å². The zero-order chi connectivity index (χ0) is 20.2. The Morgan fingerprint density at radius 2 is 2.07 bits per heavy atom. The summed E-state index contributed by atoms with van der Waals surface area (Å²) >= 11 is 0. The minimum atomic E-state index is -0.685. The molecular weight excluding hydrogens is 366 g/mol. The Morgan fingerprint density at radius 1 is 1.24 bits per heavy atom. The summed E-state index contributed by atoms with van der Waals surface area (Å²) in [6.45, 7) is 3.19. The van der Waals surface area contributed by atoms with Crippen molar-refractivity contribution in [3.8, 4) is 5.75 Å². The number of hydrogen-bond donors (Lipinski definition) is 2. The molecule has 158 valence electrons. The van der Waals surface area contributed by atoms with Crippen LogP contribution in [0.1, 0.15) is 50.8 Å². The SMILES string of the molecule is COc1ccc2nc(CC3CN(CC4CCCCC4)CCC3CC(=O)O)[nH]c2c1. The third kappa shape index (κ3) is 5.10. The maximum atomic E-state index is 11.4. The van der Waals surface area contributed by atoms with E-state index in [2.05, 4.69) is 9.88 Å². The molecule has 1 aromatic carbocycles. The van der Waals surface area contributed by atoms with Crippen LogP contribution in [0.5, 0.6) is 5.75 Å². The Morgan fingerprint density at radius 3 is 2.83 bits per heavy atom. The summed E-state index contributed by atoms with van der Waals surface area (Å²) in [5, 5.41) is 9.40. The van der Waals surface area contributed by atoms with Gasteiger partial charge in [0, 0.05) is 32.0 Å². The van der Waals surface area contributed by atoms with Crippen LogP contribution in [0.15, 0.2) is 18.2 Å². The van der Waals surface area contributed by atoms with Crippen molar-refractivity contribution in [1.29, 1.82) is 0 Å². The normalized spacial score (nSPS) is 24.0. The number of nitrogens with zero attached hydrogens (tertiary/aromatic N) is 2. The smallest absolute Gasteiger partial charge is 0.303 e. The van der Waals surface area contributed by atoms with Crippen molar-refractivity contribution < 1.29 is 14.6 Å². The highest BCUT2D eigenvalue weighted by Crippen LogP contribution is 2.32. The van der Waals surface area contributed by atoms with Gasteiger partial charge in [0.15, 0.2) is 0 Å². The van der Waals surface area contributed by atoms with Gasteiger partial charge in [-0.2, -0.15) is 0 Å². The molecule has 0 radical (unpaired) electrons. The highest BCUT2D eigenvalue weighted by molar-refractivity contribution is 5.76. The van der Waals surface area contributed by atoms with Crippen LogP contribution < -0.4 is 4.74 Å². The maximum absolute atomic E-state index is 11.4. The van der Waals surface area contributed by atoms with Gasteiger partial charge < -0.3 is 19.7 Å². The lowest BCUT2D eigenvalue weighted by Gasteiger charge is -2.40. The molecule has 0 amide bonds. The summed E-state index contributed by atoms with van der Waals surface area (Å²) in [5.41, 5.74) is 1.91. The summed E-state index contributed by atoms with van der Waals surface area (Å²) in [7, 11) is 1.66. The highest BCUT2D eigenvalue weighted by atomic mass is 16.5. The van der Waals surface area contributed by atoms with Gasteiger partial charge in [-0.25, -0.2) is 4.98 Å². The van der Waals surface area contributed by atoms with Crippen molar-refractivity contribution in [2.45, 2.75) is 51.4 Å². The highest BCUT2D eigenvalue weighted by Gasteiger charge is 2.32. The average molecular weight is 400 g/mol. The number of aliphatic carboxylic acids is 1. The number of carbonyl (C=O) groups is 1. The van der Waals surface area contributed by atoms with Gasteiger partial charge in [-0.15, -0.1) is 0 Å². The second kappa shape index (κ2) is 9.16. The first kappa shape index (κ1) is 20.2. The monoisotopic (exact) mass is 399 g/mol. The maximum Gasteiger partial charge on any atom is 0.303 e. The molecule has 2 heterocycles. The van der Waals surface area contributed by atoms with Crippen LogP contribution in [0.2, 0.25) is 0 Å². The Kier molecular flexibility index (Phi) is 6.38. The van der Waals surface area contributed by atoms with Crippen LogP contribution in [-0.4, -0.2) is 52.7 Å². The zero-order valence-electron chi connectivity index (χ0n) is 17.4. The second-order valence-corrected chi connectivity index (χ2v) is 8.94. The molecule has 2 fully saturated rings. The van der Waals surface area contributed by atoms with Crippen molar-refractivity contribution in [2.75, 3.05) is 26.7 Å². The molecule has 1 aliphatic carbocycles. The second-order valence-electron chi connectivity index (χ2n) is 8.94. The number of methoxy groups -OCH3 is 1. The quantitative estimate of drug-likeness (QED) is 0.733. The van der Waals surface area contributed by atoms with E-state index in [1.807, 2.05) is 18.2 Å². The van der Waals surface area contributed by atoms with Gasteiger partial charge in [0.25, 0.3) is 0 Å². The largest absolute Gasteiger partial charge is 0.497 e. The van der Waals surface area contributed by atoms with Crippen LogP contribution in [0.3, 0.4) is 0 Å². The number of carboxylic acid groups (broad SMARTS) is 1. The molecule has 2 atom stereocenters. The number of rotatable bonds is 7. The van der Waals surface area contributed by atoms with E-state index in [-0.39, 0.29) is 12.3 Å². The molecule has 2 N–H and O–H groups in total. The van der Waals surface area contributed by atoms with E-state index < -0.39 is 5.97 Å². The molecule has 0 spiro atoms. The number of carboxylic acids is 1. The third-order valence-corrected chi connectivity index (χ3v) is 6.85. The lowest BCUT2D eigenvalue weighted by Crippen LogP contribution is -2.44. The predicted molar refractivity (Wildman–Crippen MR) is 113 cm³/mol. The Bertz CT molecular complexity index is 828. The molecule has 4 rings (SSSR count). The third-order valence-electron chi connectivity index (χ3n) is 6.85. The van der Waals surface area contributed by atoms with E-state index in [4.69, 9.17) is 9.72 Å². The summed E-state index contributed by atoms with van der Waals surface area (Å²) in [6, 6.07) is 5.86. The van der Waals surface area contributed by atoms with Crippen molar-refractivity contribution in [1.82, 2.24) is 14.9 Å². The van der Waals surface area contributed by atoms with Crippen LogP contribution in [0.25, 0.3) is 11.0 Å². The summed E-state index contributed by atoms with van der Waals surface area (Å²) in [6.07, 6.45) is 8.86. The number of ether oxygens (including phenoxy) is 1. The molecule has 6 nitrogen and oxygen atoms in total. The van der Waals surface area contributed by atoms with Gasteiger partial charge in [0.1, 0.15) is 11.6 Å². The molecule has 2 unspecified atom stereocenters. The average Bonchev–Trinajstić information content (AvgIpc) is 3.11. The molecular formula is C23H33N3O3. The molecule has 6 heteroatoms. The molecule has 1 aromatic heterocycles. The first-order chi connectivity index (χ1) is 14.1. The van der Waals surface area contributed by atoms with Gasteiger partial charge >= 0.3 is 5.97 Å². The van der Waals surface area contributed by atoms with Gasteiger partial charge in [0.2, 0.25) is 0 Å². The Hall–Kier alpha value is -2.08. The standard InChI is InChI=1S/C23H33N3O3/c1-29-19-7-8-20-21(13-19)25-22(24-20)11-18-15-26(10-9-17(18)12-23(27)28)14-16-5-3-2-4-6-16/h7-8,13,16-18H,2-6,9-12,14-15H2,1H3,(H,24,25)(H,27,28). The number of imidazole rings is 1. The summed E-state index contributed by atoms with van der Waals surface area (Å²) in [4.78, 5) is 22.2. The predicted octanol–water partition coefficient (Wildman–Crippen LogP) is 4.11. The molecule has 1 saturated heterocycles. The number of fused-ring (bicyclic) bond motifs is 1. The van der Waals surface area contributed by atoms with E-state index in [1.54, 1.807) is 7.11 Å². The minimum Gasteiger partial charge on any atom is -0.497 e. The van der Waals surface area contributed by atoms with Gasteiger partial charge in [-0.1, -0.05) is 19.3 Å². The van der Waals surface area contributed by atoms with Crippen molar-refractivity contribution in [3.63, 3.8) is 0 Å². The van der Waals surface area contributed by atoms with Crippen LogP contribution in [0, 0.1) is 17.8 Å². The number of benzene rings is 1. The number of piperidine rings is 1. The summed E-state index contributed by atoms with van der Waals surface area (Å²) in [5.74, 6) is 2.44. The Labute approximate surface area is 172 Å². The van der Waals surface area contributed by atoms with Crippen molar-refractivity contribution in [2.24, 2.45) is 17.8 Å². The fourth-order valence-electron chi connectivity index (χ4n) is 5.29. The van der Waals surface area contributed by atoms with Crippen LogP contribution in [-0.2, 0) is 11.2 Å². The number of nitrogens with one attached hydrogen (secondary N) is 1. The lowest BCUT2D eigenvalue weighted by atomic mass is 9.80. The fourth-order valence-corrected chi connectivity index (χ4v) is 5.29. The van der Waals surface area contributed by atoms with Crippen molar-refractivity contribution >= 4 is 17.0 Å². The molecule has 0 bridgehead atoms. The van der Waals surface area contributed by atoms with Gasteiger partial charge in [-0.3, -0.25) is 4.79 Å². The zero-order valence-corrected chi connectivity index (χ0v) is 17.4. The van der Waals surface area contributed by atoms with Gasteiger partial charge in [-0.05, 0) is 55.7 Å². The molecule has 29 heavy (non-hydrogen) atoms. The number of hydrogen-bond acceptors (Lipinski definition) is 4. The number of likely N-dealkylation sites (tertiary alicyclic amines) is 1. The minimum absolute atomic E-state index is 0.220. The van der Waals surface area contributed by atoms with Crippen LogP contribution in [0.4, 0.5) is 0 Å². The molecule has 1 aliphatic heterocycles. The molecule has 2 aliphatic rings. The molecule has 2 aromatic rings.